The first-order valence-corrected chi connectivity index (χ1v) is 9.73. The molecule has 0 aromatic heterocycles. The molecule has 1 aliphatic heterocycles. The quantitative estimate of drug-likeness (QED) is 0.775. The second kappa shape index (κ2) is 7.69. The maximum Gasteiger partial charge on any atom is 0.243 e. The number of methoxy groups -OCH3 is 2. The van der Waals surface area contributed by atoms with Crippen molar-refractivity contribution in [1.82, 2.24) is 4.31 Å². The third kappa shape index (κ3) is 3.84. The average Bonchev–Trinajstić information content (AvgIpc) is 2.69. The molecule has 0 bridgehead atoms. The normalized spacial score (nSPS) is 15.6. The Balaban J connectivity index is 1.75. The molecule has 1 saturated heterocycles. The summed E-state index contributed by atoms with van der Waals surface area (Å²) >= 11 is 0. The predicted octanol–water partition coefficient (Wildman–Crippen LogP) is 2.49. The first-order valence-electron chi connectivity index (χ1n) is 8.29. The lowest BCUT2D eigenvalue weighted by Gasteiger charge is -2.35. The minimum Gasteiger partial charge on any atom is -0.493 e. The van der Waals surface area contributed by atoms with Gasteiger partial charge in [0.25, 0.3) is 0 Å². The van der Waals surface area contributed by atoms with E-state index < -0.39 is 21.7 Å². The molecule has 1 fully saturated rings. The van der Waals surface area contributed by atoms with Crippen LogP contribution in [0, 0.1) is 11.6 Å². The number of anilines is 1. The highest BCUT2D eigenvalue weighted by molar-refractivity contribution is 7.89. The third-order valence-electron chi connectivity index (χ3n) is 4.50. The van der Waals surface area contributed by atoms with Crippen LogP contribution >= 0.6 is 0 Å². The second-order valence-corrected chi connectivity index (χ2v) is 7.94. The van der Waals surface area contributed by atoms with E-state index in [4.69, 9.17) is 9.47 Å². The van der Waals surface area contributed by atoms with E-state index in [2.05, 4.69) is 0 Å². The minimum atomic E-state index is -3.70. The highest BCUT2D eigenvalue weighted by atomic mass is 32.2. The van der Waals surface area contributed by atoms with Crippen LogP contribution in [0.5, 0.6) is 11.5 Å². The summed E-state index contributed by atoms with van der Waals surface area (Å²) in [6, 6.07) is 8.11. The van der Waals surface area contributed by atoms with Gasteiger partial charge in [0.1, 0.15) is 0 Å². The number of piperazine rings is 1. The standard InChI is InChI=1S/C18H20F2N2O4S/c1-25-17-6-4-14(12-18(17)26-2)27(23,24)22-9-7-21(8-10-22)13-3-5-15(19)16(20)11-13/h3-6,11-12H,7-10H2,1-2H3. The third-order valence-corrected chi connectivity index (χ3v) is 6.39. The largest absolute Gasteiger partial charge is 0.493 e. The molecule has 1 heterocycles. The predicted molar refractivity (Wildman–Crippen MR) is 96.9 cm³/mol. The van der Waals surface area contributed by atoms with E-state index in [9.17, 15) is 17.2 Å². The van der Waals surface area contributed by atoms with E-state index in [1.54, 1.807) is 6.07 Å². The zero-order chi connectivity index (χ0) is 19.6. The van der Waals surface area contributed by atoms with Gasteiger partial charge in [-0.3, -0.25) is 0 Å². The molecule has 2 aromatic rings. The fraction of sp³-hybridized carbons (Fsp3) is 0.333. The van der Waals surface area contributed by atoms with Gasteiger partial charge in [0.15, 0.2) is 23.1 Å². The average molecular weight is 398 g/mol. The first-order chi connectivity index (χ1) is 12.9. The molecule has 27 heavy (non-hydrogen) atoms. The molecule has 0 spiro atoms. The lowest BCUT2D eigenvalue weighted by Crippen LogP contribution is -2.48. The Bertz CT molecular complexity index is 929. The first kappa shape index (κ1) is 19.4. The Hall–Kier alpha value is -2.39. The van der Waals surface area contributed by atoms with Gasteiger partial charge in [-0.1, -0.05) is 0 Å². The van der Waals surface area contributed by atoms with Crippen LogP contribution in [-0.4, -0.2) is 53.1 Å². The highest BCUT2D eigenvalue weighted by Crippen LogP contribution is 2.31. The number of hydrogen-bond donors (Lipinski definition) is 0. The van der Waals surface area contributed by atoms with E-state index in [1.807, 2.05) is 4.90 Å². The van der Waals surface area contributed by atoms with Crippen molar-refractivity contribution in [2.45, 2.75) is 4.90 Å². The summed E-state index contributed by atoms with van der Waals surface area (Å²) in [6.45, 7) is 1.21. The van der Waals surface area contributed by atoms with E-state index >= 15 is 0 Å². The Labute approximate surface area is 157 Å². The van der Waals surface area contributed by atoms with Crippen LogP contribution < -0.4 is 14.4 Å². The number of nitrogens with zero attached hydrogens (tertiary/aromatic N) is 2. The molecule has 0 saturated carbocycles. The summed E-state index contributed by atoms with van der Waals surface area (Å²) in [4.78, 5) is 1.93. The van der Waals surface area contributed by atoms with Gasteiger partial charge in [0.05, 0.1) is 19.1 Å². The van der Waals surface area contributed by atoms with Crippen LogP contribution in [0.2, 0.25) is 0 Å². The Morgan fingerprint density at radius 3 is 2.11 bits per heavy atom. The van der Waals surface area contributed by atoms with Gasteiger partial charge in [-0.2, -0.15) is 4.31 Å². The molecular formula is C18H20F2N2O4S. The summed E-state index contributed by atoms with van der Waals surface area (Å²) in [5.41, 5.74) is 0.525. The van der Waals surface area contributed by atoms with Gasteiger partial charge in [-0.05, 0) is 24.3 Å². The number of ether oxygens (including phenoxy) is 2. The smallest absolute Gasteiger partial charge is 0.243 e. The molecule has 0 atom stereocenters. The van der Waals surface area contributed by atoms with Crippen LogP contribution in [-0.2, 0) is 10.0 Å². The minimum absolute atomic E-state index is 0.112. The molecule has 0 amide bonds. The van der Waals surface area contributed by atoms with Crippen molar-refractivity contribution in [3.63, 3.8) is 0 Å². The van der Waals surface area contributed by atoms with E-state index in [0.29, 0.717) is 30.3 Å². The number of halogens is 2. The summed E-state index contributed by atoms with van der Waals surface area (Å²) < 4.78 is 64.0. The number of sulfonamides is 1. The molecular weight excluding hydrogens is 378 g/mol. The topological polar surface area (TPSA) is 59.1 Å². The molecule has 0 N–H and O–H groups in total. The molecule has 0 aliphatic carbocycles. The number of hydrogen-bond acceptors (Lipinski definition) is 5. The molecule has 6 nitrogen and oxygen atoms in total. The molecule has 0 radical (unpaired) electrons. The van der Waals surface area contributed by atoms with Crippen LogP contribution in [0.25, 0.3) is 0 Å². The second-order valence-electron chi connectivity index (χ2n) is 6.01. The van der Waals surface area contributed by atoms with Crippen molar-refractivity contribution >= 4 is 15.7 Å². The maximum absolute atomic E-state index is 13.4. The lowest BCUT2D eigenvalue weighted by atomic mass is 10.2. The number of rotatable bonds is 5. The van der Waals surface area contributed by atoms with Gasteiger partial charge >= 0.3 is 0 Å². The molecule has 0 unspecified atom stereocenters. The van der Waals surface area contributed by atoms with Gasteiger partial charge in [-0.15, -0.1) is 0 Å². The van der Waals surface area contributed by atoms with Crippen molar-refractivity contribution in [1.29, 1.82) is 0 Å². The Kier molecular flexibility index (Phi) is 5.52. The zero-order valence-corrected chi connectivity index (χ0v) is 15.8. The van der Waals surface area contributed by atoms with E-state index in [-0.39, 0.29) is 18.0 Å². The summed E-state index contributed by atoms with van der Waals surface area (Å²) in [7, 11) is -0.788. The highest BCUT2D eigenvalue weighted by Gasteiger charge is 2.29. The van der Waals surface area contributed by atoms with Crippen LogP contribution in [0.4, 0.5) is 14.5 Å². The Morgan fingerprint density at radius 2 is 1.52 bits per heavy atom. The van der Waals surface area contributed by atoms with E-state index in [0.717, 1.165) is 12.1 Å². The lowest BCUT2D eigenvalue weighted by molar-refractivity contribution is 0.353. The van der Waals surface area contributed by atoms with Crippen LogP contribution in [0.1, 0.15) is 0 Å². The fourth-order valence-corrected chi connectivity index (χ4v) is 4.43. The van der Waals surface area contributed by atoms with Gasteiger partial charge in [0, 0.05) is 44.0 Å². The molecule has 146 valence electrons. The summed E-state index contributed by atoms with van der Waals surface area (Å²) in [6.07, 6.45) is 0. The van der Waals surface area contributed by atoms with Gasteiger partial charge in [-0.25, -0.2) is 17.2 Å². The SMILES string of the molecule is COc1ccc(S(=O)(=O)N2CCN(c3ccc(F)c(F)c3)CC2)cc1OC. The monoisotopic (exact) mass is 398 g/mol. The van der Waals surface area contributed by atoms with E-state index in [1.165, 1.54) is 36.7 Å². The van der Waals surface area contributed by atoms with Crippen LogP contribution in [0.3, 0.4) is 0 Å². The van der Waals surface area contributed by atoms with Crippen molar-refractivity contribution in [3.05, 3.63) is 48.0 Å². The van der Waals surface area contributed by atoms with Gasteiger partial charge in [0.2, 0.25) is 10.0 Å². The molecule has 3 rings (SSSR count). The van der Waals surface area contributed by atoms with Crippen molar-refractivity contribution in [3.8, 4) is 11.5 Å². The summed E-state index contributed by atoms with van der Waals surface area (Å²) in [5.74, 6) is -1.06. The van der Waals surface area contributed by atoms with Crippen molar-refractivity contribution < 1.29 is 26.7 Å². The van der Waals surface area contributed by atoms with Crippen LogP contribution in [0.15, 0.2) is 41.3 Å². The molecule has 2 aromatic carbocycles. The van der Waals surface area contributed by atoms with Crippen molar-refractivity contribution in [2.75, 3.05) is 45.3 Å². The maximum atomic E-state index is 13.4. The van der Waals surface area contributed by atoms with Crippen molar-refractivity contribution in [2.24, 2.45) is 0 Å². The molecule has 1 aliphatic rings. The Morgan fingerprint density at radius 1 is 0.852 bits per heavy atom. The number of benzene rings is 2. The summed E-state index contributed by atoms with van der Waals surface area (Å²) in [5, 5.41) is 0. The fourth-order valence-electron chi connectivity index (χ4n) is 2.99. The van der Waals surface area contributed by atoms with Gasteiger partial charge < -0.3 is 14.4 Å². The zero-order valence-electron chi connectivity index (χ0n) is 15.0. The molecule has 9 heteroatoms.